The molecule has 0 saturated carbocycles. The molecule has 3 heteroatoms. The summed E-state index contributed by atoms with van der Waals surface area (Å²) in [5, 5.41) is 12.3. The minimum absolute atomic E-state index is 0.599. The van der Waals surface area contributed by atoms with Crippen LogP contribution in [0, 0.1) is 11.3 Å². The van der Waals surface area contributed by atoms with E-state index in [-0.39, 0.29) is 0 Å². The molecule has 0 aliphatic heterocycles. The summed E-state index contributed by atoms with van der Waals surface area (Å²) < 4.78 is 0. The molecule has 3 aromatic rings. The van der Waals surface area contributed by atoms with E-state index >= 15 is 0 Å². The first-order chi connectivity index (χ1) is 12.3. The van der Waals surface area contributed by atoms with Gasteiger partial charge in [0.15, 0.2) is 0 Å². The predicted molar refractivity (Wildman–Crippen MR) is 106 cm³/mol. The third-order valence-corrected chi connectivity index (χ3v) is 4.91. The molecular weight excluding hydrogens is 324 g/mol. The largest absolute Gasteiger partial charge is 0.235 e. The molecule has 0 unspecified atom stereocenters. The average Bonchev–Trinajstić information content (AvgIpc) is 3.15. The molecule has 2 nitrogen and oxygen atoms in total. The van der Waals surface area contributed by atoms with E-state index < -0.39 is 0 Å². The minimum atomic E-state index is 0.599. The molecule has 0 N–H and O–H groups in total. The highest BCUT2D eigenvalue weighted by molar-refractivity contribution is 7.11. The molecule has 0 saturated heterocycles. The average molecular weight is 344 g/mol. The molecule has 1 aromatic heterocycles. The van der Waals surface area contributed by atoms with Gasteiger partial charge in [-0.25, -0.2) is 4.98 Å². The smallest absolute Gasteiger partial charge is 0.134 e. The van der Waals surface area contributed by atoms with Crippen molar-refractivity contribution in [3.05, 3.63) is 76.1 Å². The molecule has 0 spiro atoms. The predicted octanol–water partition coefficient (Wildman–Crippen LogP) is 6.22. The minimum Gasteiger partial charge on any atom is -0.235 e. The Bertz CT molecular complexity index is 884. The van der Waals surface area contributed by atoms with Gasteiger partial charge in [0.1, 0.15) is 11.1 Å². The fraction of sp³-hybridized carbons (Fsp3) is 0.182. The highest BCUT2D eigenvalue weighted by atomic mass is 32.1. The van der Waals surface area contributed by atoms with E-state index in [9.17, 15) is 5.26 Å². The Labute approximate surface area is 153 Å². The van der Waals surface area contributed by atoms with Gasteiger partial charge >= 0.3 is 0 Å². The van der Waals surface area contributed by atoms with Crippen LogP contribution in [-0.4, -0.2) is 4.98 Å². The van der Waals surface area contributed by atoms with Crippen LogP contribution in [-0.2, 0) is 6.42 Å². The van der Waals surface area contributed by atoms with Crippen molar-refractivity contribution in [1.82, 2.24) is 4.98 Å². The van der Waals surface area contributed by atoms with Crippen LogP contribution in [0.15, 0.2) is 60.0 Å². The summed E-state index contributed by atoms with van der Waals surface area (Å²) in [6.07, 6.45) is 5.44. The van der Waals surface area contributed by atoms with Crippen molar-refractivity contribution < 1.29 is 0 Å². The van der Waals surface area contributed by atoms with Gasteiger partial charge in [0, 0.05) is 10.9 Å². The van der Waals surface area contributed by atoms with Crippen LogP contribution in [0.4, 0.5) is 0 Å². The number of thiazole rings is 1. The van der Waals surface area contributed by atoms with E-state index in [1.54, 1.807) is 0 Å². The van der Waals surface area contributed by atoms with E-state index in [0.29, 0.717) is 5.57 Å². The van der Waals surface area contributed by atoms with E-state index in [4.69, 9.17) is 0 Å². The number of aromatic nitrogens is 1. The van der Waals surface area contributed by atoms with E-state index in [1.807, 2.05) is 41.8 Å². The fourth-order valence-corrected chi connectivity index (χ4v) is 3.41. The summed E-state index contributed by atoms with van der Waals surface area (Å²) >= 11 is 1.51. The number of hydrogen-bond acceptors (Lipinski definition) is 3. The van der Waals surface area contributed by atoms with Crippen molar-refractivity contribution in [1.29, 1.82) is 5.26 Å². The first-order valence-corrected chi connectivity index (χ1v) is 9.40. The van der Waals surface area contributed by atoms with E-state index in [0.717, 1.165) is 28.2 Å². The van der Waals surface area contributed by atoms with Crippen LogP contribution in [0.1, 0.15) is 35.9 Å². The van der Waals surface area contributed by atoms with Gasteiger partial charge < -0.3 is 0 Å². The first kappa shape index (κ1) is 17.1. The van der Waals surface area contributed by atoms with Crippen LogP contribution in [0.3, 0.4) is 0 Å². The van der Waals surface area contributed by atoms with Gasteiger partial charge in [-0.2, -0.15) is 5.26 Å². The summed E-state index contributed by atoms with van der Waals surface area (Å²) in [6, 6.07) is 20.7. The SMILES string of the molecule is CCCCc1ccc(-c2csc(/C(C#N)=C\c3ccccc3)n2)cc1. The van der Waals surface area contributed by atoms with Crippen LogP contribution in [0.25, 0.3) is 22.9 Å². The topological polar surface area (TPSA) is 36.7 Å². The maximum atomic E-state index is 9.49. The Morgan fingerprint density at radius 1 is 1.12 bits per heavy atom. The maximum absolute atomic E-state index is 9.49. The molecule has 0 fully saturated rings. The quantitative estimate of drug-likeness (QED) is 0.498. The normalized spacial score (nSPS) is 11.3. The molecule has 0 radical (unpaired) electrons. The van der Waals surface area contributed by atoms with E-state index in [2.05, 4.69) is 42.2 Å². The van der Waals surface area contributed by atoms with Gasteiger partial charge in [-0.15, -0.1) is 11.3 Å². The molecule has 0 aliphatic carbocycles. The zero-order valence-electron chi connectivity index (χ0n) is 14.3. The summed E-state index contributed by atoms with van der Waals surface area (Å²) in [7, 11) is 0. The number of allylic oxidation sites excluding steroid dienone is 1. The Balaban J connectivity index is 1.82. The molecule has 2 aromatic carbocycles. The zero-order chi connectivity index (χ0) is 17.5. The number of hydrogen-bond donors (Lipinski definition) is 0. The number of rotatable bonds is 6. The van der Waals surface area contributed by atoms with Gasteiger partial charge in [-0.05, 0) is 30.0 Å². The Morgan fingerprint density at radius 3 is 2.56 bits per heavy atom. The number of benzene rings is 2. The zero-order valence-corrected chi connectivity index (χ0v) is 15.1. The standard InChI is InChI=1S/C22H20N2S/c1-2-3-7-17-10-12-19(13-11-17)21-16-25-22(24-21)20(15-23)14-18-8-5-4-6-9-18/h4-6,8-14,16H,2-3,7H2,1H3/b20-14-. The molecule has 0 amide bonds. The second kappa shape index (κ2) is 8.41. The molecule has 0 aliphatic rings. The molecule has 0 bridgehead atoms. The lowest BCUT2D eigenvalue weighted by molar-refractivity contribution is 0.795. The van der Waals surface area contributed by atoms with Crippen molar-refractivity contribution in [2.75, 3.05) is 0 Å². The second-order valence-electron chi connectivity index (χ2n) is 5.92. The summed E-state index contributed by atoms with van der Waals surface area (Å²) in [4.78, 5) is 4.67. The number of nitrogens with zero attached hydrogens (tertiary/aromatic N) is 2. The van der Waals surface area contributed by atoms with Crippen molar-refractivity contribution >= 4 is 23.0 Å². The van der Waals surface area contributed by atoms with Crippen molar-refractivity contribution in [2.24, 2.45) is 0 Å². The van der Waals surface area contributed by atoms with Crippen LogP contribution in [0.5, 0.6) is 0 Å². The van der Waals surface area contributed by atoms with Crippen molar-refractivity contribution in [3.8, 4) is 17.3 Å². The van der Waals surface area contributed by atoms with Gasteiger partial charge in [0.2, 0.25) is 0 Å². The molecule has 25 heavy (non-hydrogen) atoms. The third kappa shape index (κ3) is 4.43. The third-order valence-electron chi connectivity index (χ3n) is 4.03. The summed E-state index contributed by atoms with van der Waals surface area (Å²) in [5.41, 5.74) is 5.00. The van der Waals surface area contributed by atoms with Gasteiger partial charge in [-0.3, -0.25) is 0 Å². The second-order valence-corrected chi connectivity index (χ2v) is 6.78. The maximum Gasteiger partial charge on any atom is 0.134 e. The lowest BCUT2D eigenvalue weighted by atomic mass is 10.1. The molecule has 3 rings (SSSR count). The highest BCUT2D eigenvalue weighted by Crippen LogP contribution is 2.27. The molecule has 1 heterocycles. The Kier molecular flexibility index (Phi) is 5.77. The first-order valence-electron chi connectivity index (χ1n) is 8.52. The van der Waals surface area contributed by atoms with Gasteiger partial charge in [0.25, 0.3) is 0 Å². The number of aryl methyl sites for hydroxylation is 1. The van der Waals surface area contributed by atoms with Gasteiger partial charge in [0.05, 0.1) is 11.3 Å². The monoisotopic (exact) mass is 344 g/mol. The molecular formula is C22H20N2S. The van der Waals surface area contributed by atoms with Gasteiger partial charge in [-0.1, -0.05) is 67.9 Å². The Hall–Kier alpha value is -2.70. The fourth-order valence-electron chi connectivity index (χ4n) is 2.61. The van der Waals surface area contributed by atoms with Crippen LogP contribution < -0.4 is 0 Å². The van der Waals surface area contributed by atoms with Crippen molar-refractivity contribution in [2.45, 2.75) is 26.2 Å². The molecule has 0 atom stereocenters. The van der Waals surface area contributed by atoms with Crippen LogP contribution in [0.2, 0.25) is 0 Å². The lowest BCUT2D eigenvalue weighted by Gasteiger charge is -2.01. The van der Waals surface area contributed by atoms with E-state index in [1.165, 1.54) is 29.7 Å². The lowest BCUT2D eigenvalue weighted by Crippen LogP contribution is -1.86. The number of nitriles is 1. The highest BCUT2D eigenvalue weighted by Gasteiger charge is 2.09. The number of unbranched alkanes of at least 4 members (excludes halogenated alkanes) is 1. The van der Waals surface area contributed by atoms with Crippen molar-refractivity contribution in [3.63, 3.8) is 0 Å². The summed E-state index contributed by atoms with van der Waals surface area (Å²) in [5.74, 6) is 0. The Morgan fingerprint density at radius 2 is 1.88 bits per heavy atom. The molecule has 124 valence electrons. The summed E-state index contributed by atoms with van der Waals surface area (Å²) in [6.45, 7) is 2.21. The van der Waals surface area contributed by atoms with Crippen LogP contribution >= 0.6 is 11.3 Å².